The van der Waals surface area contributed by atoms with Crippen molar-refractivity contribution in [1.29, 1.82) is 0 Å². The van der Waals surface area contributed by atoms with Crippen molar-refractivity contribution in [3.63, 3.8) is 0 Å². The normalized spacial score (nSPS) is 15.8. The van der Waals surface area contributed by atoms with Gasteiger partial charge in [-0.1, -0.05) is 17.4 Å². The van der Waals surface area contributed by atoms with Gasteiger partial charge in [0.2, 0.25) is 0 Å². The van der Waals surface area contributed by atoms with E-state index in [0.717, 1.165) is 14.0 Å². The Morgan fingerprint density at radius 2 is 2.09 bits per heavy atom. The van der Waals surface area contributed by atoms with Gasteiger partial charge in [-0.25, -0.2) is 9.79 Å². The van der Waals surface area contributed by atoms with Crippen molar-refractivity contribution in [2.45, 2.75) is 19.9 Å². The number of hydrogen-bond donors (Lipinski definition) is 0. The molecule has 7 nitrogen and oxygen atoms in total. The zero-order valence-electron chi connectivity index (χ0n) is 18.4. The quantitative estimate of drug-likeness (QED) is 0.322. The molecule has 1 atom stereocenters. The van der Waals surface area contributed by atoms with E-state index in [-0.39, 0.29) is 12.2 Å². The summed E-state index contributed by atoms with van der Waals surface area (Å²) in [4.78, 5) is 32.4. The lowest BCUT2D eigenvalue weighted by Crippen LogP contribution is -2.39. The van der Waals surface area contributed by atoms with Crippen LogP contribution < -0.4 is 24.4 Å². The Labute approximate surface area is 211 Å². The van der Waals surface area contributed by atoms with E-state index in [1.165, 1.54) is 22.7 Å². The lowest BCUT2D eigenvalue weighted by atomic mass is 10.0. The van der Waals surface area contributed by atoms with Crippen molar-refractivity contribution in [2.75, 3.05) is 20.8 Å². The van der Waals surface area contributed by atoms with Crippen LogP contribution in [0.3, 0.4) is 0 Å². The Morgan fingerprint density at radius 1 is 1.30 bits per heavy atom. The standard InChI is InChI=1S/C23H21IN2O5S2/c1-5-31-22(28)18-12(2)25-23-26(19(18)16-7-6-8-32-16)21(27)17(33-23)11-13-9-14(24)20(30-4)15(10-13)29-3/h6-11,19H,5H2,1-4H3/b17-11-/t19-/m0/s1. The number of aromatic nitrogens is 1. The Morgan fingerprint density at radius 3 is 2.73 bits per heavy atom. The predicted octanol–water partition coefficient (Wildman–Crippen LogP) is 3.48. The van der Waals surface area contributed by atoms with E-state index in [1.807, 2.05) is 35.7 Å². The molecule has 0 saturated heterocycles. The highest BCUT2D eigenvalue weighted by molar-refractivity contribution is 14.1. The molecule has 0 spiro atoms. The molecule has 0 N–H and O–H groups in total. The molecule has 3 aromatic rings. The zero-order valence-corrected chi connectivity index (χ0v) is 22.2. The molecule has 0 aliphatic carbocycles. The number of methoxy groups -OCH3 is 2. The fourth-order valence-corrected chi connectivity index (χ4v) is 6.40. The lowest BCUT2D eigenvalue weighted by Gasteiger charge is -2.23. The molecule has 1 aromatic carbocycles. The largest absolute Gasteiger partial charge is 0.493 e. The summed E-state index contributed by atoms with van der Waals surface area (Å²) in [6.45, 7) is 3.78. The number of thiophene rings is 1. The molecule has 10 heteroatoms. The maximum Gasteiger partial charge on any atom is 0.338 e. The second-order valence-electron chi connectivity index (χ2n) is 7.06. The van der Waals surface area contributed by atoms with Gasteiger partial charge in [0.25, 0.3) is 5.56 Å². The van der Waals surface area contributed by atoms with Gasteiger partial charge >= 0.3 is 5.97 Å². The molecule has 0 radical (unpaired) electrons. The minimum atomic E-state index is -0.576. The summed E-state index contributed by atoms with van der Waals surface area (Å²) in [5.41, 5.74) is 1.53. The Balaban J connectivity index is 1.92. The second kappa shape index (κ2) is 9.82. The van der Waals surface area contributed by atoms with E-state index in [1.54, 1.807) is 32.6 Å². The average Bonchev–Trinajstić information content (AvgIpc) is 3.41. The van der Waals surface area contributed by atoms with Gasteiger partial charge in [-0.15, -0.1) is 11.3 Å². The molecule has 172 valence electrons. The number of ether oxygens (including phenoxy) is 3. The summed E-state index contributed by atoms with van der Waals surface area (Å²) in [6, 6.07) is 6.99. The number of benzene rings is 1. The van der Waals surface area contributed by atoms with Crippen LogP contribution >= 0.6 is 45.3 Å². The second-order valence-corrected chi connectivity index (χ2v) is 10.2. The number of esters is 1. The highest BCUT2D eigenvalue weighted by Gasteiger charge is 2.33. The van der Waals surface area contributed by atoms with Gasteiger partial charge in [-0.2, -0.15) is 0 Å². The first-order chi connectivity index (χ1) is 15.9. The third-order valence-electron chi connectivity index (χ3n) is 5.08. The van der Waals surface area contributed by atoms with Crippen molar-refractivity contribution >= 4 is 57.3 Å². The minimum absolute atomic E-state index is 0.212. The highest BCUT2D eigenvalue weighted by Crippen LogP contribution is 2.34. The summed E-state index contributed by atoms with van der Waals surface area (Å²) < 4.78 is 19.1. The number of hydrogen-bond acceptors (Lipinski definition) is 8. The maximum atomic E-state index is 13.6. The van der Waals surface area contributed by atoms with Crippen molar-refractivity contribution in [3.05, 3.63) is 74.6 Å². The molecule has 0 unspecified atom stereocenters. The van der Waals surface area contributed by atoms with Crippen LogP contribution in [0.4, 0.5) is 0 Å². The molecule has 4 rings (SSSR count). The van der Waals surface area contributed by atoms with Crippen molar-refractivity contribution in [3.8, 4) is 11.5 Å². The summed E-state index contributed by atoms with van der Waals surface area (Å²) >= 11 is 4.95. The first-order valence-corrected chi connectivity index (χ1v) is 12.8. The van der Waals surface area contributed by atoms with Gasteiger partial charge in [0.05, 0.1) is 40.2 Å². The third-order valence-corrected chi connectivity index (χ3v) is 7.79. The monoisotopic (exact) mass is 596 g/mol. The van der Waals surface area contributed by atoms with E-state index in [9.17, 15) is 9.59 Å². The van der Waals surface area contributed by atoms with Crippen molar-refractivity contribution in [1.82, 2.24) is 4.57 Å². The van der Waals surface area contributed by atoms with Crippen LogP contribution in [0, 0.1) is 3.57 Å². The Bertz CT molecular complexity index is 1420. The van der Waals surface area contributed by atoms with Crippen LogP contribution in [0.25, 0.3) is 6.08 Å². The molecule has 33 heavy (non-hydrogen) atoms. The molecule has 0 amide bonds. The van der Waals surface area contributed by atoms with Crippen molar-refractivity contribution in [2.24, 2.45) is 4.99 Å². The van der Waals surface area contributed by atoms with Gasteiger partial charge in [-0.05, 0) is 71.7 Å². The van der Waals surface area contributed by atoms with Gasteiger partial charge in [0, 0.05) is 4.88 Å². The molecule has 0 bridgehead atoms. The van der Waals surface area contributed by atoms with Gasteiger partial charge in [0.1, 0.15) is 6.04 Å². The van der Waals surface area contributed by atoms with Crippen LogP contribution in [0.15, 0.2) is 50.7 Å². The molecular weight excluding hydrogens is 575 g/mol. The number of rotatable bonds is 6. The number of halogens is 1. The number of allylic oxidation sites excluding steroid dienone is 1. The number of carbonyl (C=O) groups is 1. The summed E-state index contributed by atoms with van der Waals surface area (Å²) in [7, 11) is 3.16. The summed E-state index contributed by atoms with van der Waals surface area (Å²) in [5, 5.41) is 1.93. The van der Waals surface area contributed by atoms with Crippen molar-refractivity contribution < 1.29 is 19.0 Å². The lowest BCUT2D eigenvalue weighted by molar-refractivity contribution is -0.139. The fourth-order valence-electron chi connectivity index (χ4n) is 3.68. The van der Waals surface area contributed by atoms with Crippen LogP contribution in [-0.4, -0.2) is 31.4 Å². The topological polar surface area (TPSA) is 79.1 Å². The molecule has 3 heterocycles. The van der Waals surface area contributed by atoms with Gasteiger partial charge in [-0.3, -0.25) is 9.36 Å². The Hall–Kier alpha value is -2.44. The molecule has 0 fully saturated rings. The maximum absolute atomic E-state index is 13.6. The van der Waals surface area contributed by atoms with E-state index in [0.29, 0.717) is 32.1 Å². The van der Waals surface area contributed by atoms with Crippen LogP contribution in [0.5, 0.6) is 11.5 Å². The van der Waals surface area contributed by atoms with Crippen LogP contribution in [0.1, 0.15) is 30.3 Å². The minimum Gasteiger partial charge on any atom is -0.493 e. The van der Waals surface area contributed by atoms with Gasteiger partial charge in [0.15, 0.2) is 16.3 Å². The fraction of sp³-hybridized carbons (Fsp3) is 0.261. The zero-order chi connectivity index (χ0) is 23.7. The van der Waals surface area contributed by atoms with E-state index < -0.39 is 12.0 Å². The molecule has 1 aliphatic rings. The van der Waals surface area contributed by atoms with Crippen LogP contribution in [0.2, 0.25) is 0 Å². The Kier molecular flexibility index (Phi) is 7.05. The van der Waals surface area contributed by atoms with Gasteiger partial charge < -0.3 is 14.2 Å². The SMILES string of the molecule is CCOC(=O)C1=C(C)N=c2s/c(=C\c3cc(I)c(OC)c(OC)c3)c(=O)n2[C@H]1c1cccs1. The van der Waals surface area contributed by atoms with E-state index in [2.05, 4.69) is 27.6 Å². The number of nitrogens with zero attached hydrogens (tertiary/aromatic N) is 2. The molecule has 0 saturated carbocycles. The number of thiazole rings is 1. The predicted molar refractivity (Wildman–Crippen MR) is 137 cm³/mol. The first kappa shape index (κ1) is 23.7. The average molecular weight is 596 g/mol. The highest BCUT2D eigenvalue weighted by atomic mass is 127. The van der Waals surface area contributed by atoms with E-state index in [4.69, 9.17) is 14.2 Å². The third kappa shape index (κ3) is 4.38. The molecule has 1 aliphatic heterocycles. The molecular formula is C23H21IN2O5S2. The number of fused-ring (bicyclic) bond motifs is 1. The molecule has 2 aromatic heterocycles. The summed E-state index contributed by atoms with van der Waals surface area (Å²) in [5.74, 6) is 0.769. The summed E-state index contributed by atoms with van der Waals surface area (Å²) in [6.07, 6.45) is 1.81. The number of carbonyl (C=O) groups excluding carboxylic acids is 1. The smallest absolute Gasteiger partial charge is 0.338 e. The first-order valence-electron chi connectivity index (χ1n) is 10.0. The van der Waals surface area contributed by atoms with E-state index >= 15 is 0 Å². The van der Waals surface area contributed by atoms with Crippen LogP contribution in [-0.2, 0) is 9.53 Å².